The molecule has 24 heavy (non-hydrogen) atoms. The number of aryl methyl sites for hydroxylation is 1. The van der Waals surface area contributed by atoms with E-state index >= 15 is 0 Å². The third-order valence-electron chi connectivity index (χ3n) is 3.93. The largest absolute Gasteiger partial charge is 0.361 e. The molecule has 5 heteroatoms. The third-order valence-corrected chi connectivity index (χ3v) is 3.93. The molecule has 5 nitrogen and oxygen atoms in total. The van der Waals surface area contributed by atoms with E-state index in [-0.39, 0.29) is 11.8 Å². The van der Waals surface area contributed by atoms with Gasteiger partial charge >= 0.3 is 0 Å². The van der Waals surface area contributed by atoms with Gasteiger partial charge in [-0.2, -0.15) is 0 Å². The number of carbonyl (C=O) groups is 2. The van der Waals surface area contributed by atoms with Crippen molar-refractivity contribution in [3.05, 3.63) is 65.9 Å². The first kappa shape index (κ1) is 15.8. The van der Waals surface area contributed by atoms with Crippen molar-refractivity contribution in [2.75, 3.05) is 12.4 Å². The molecule has 3 aromatic rings. The summed E-state index contributed by atoms with van der Waals surface area (Å²) in [5, 5.41) is 6.56. The van der Waals surface area contributed by atoms with E-state index in [1.165, 1.54) is 0 Å². The standard InChI is InChI=1S/C19H19N3O2/c1-20-19(24)13-5-4-6-15(11-13)22-18(23)10-9-14-12-21-17-8-3-2-7-16(14)17/h2-8,11-12,21H,9-10H2,1H3,(H,20,24)(H,22,23). The van der Waals surface area contributed by atoms with E-state index < -0.39 is 0 Å². The molecule has 2 aromatic carbocycles. The highest BCUT2D eigenvalue weighted by atomic mass is 16.2. The minimum atomic E-state index is -0.176. The van der Waals surface area contributed by atoms with Gasteiger partial charge in [-0.25, -0.2) is 0 Å². The van der Waals surface area contributed by atoms with Crippen molar-refractivity contribution in [3.63, 3.8) is 0 Å². The van der Waals surface area contributed by atoms with E-state index in [9.17, 15) is 9.59 Å². The van der Waals surface area contributed by atoms with Gasteiger partial charge < -0.3 is 15.6 Å². The number of nitrogens with one attached hydrogen (secondary N) is 3. The smallest absolute Gasteiger partial charge is 0.251 e. The molecule has 0 aliphatic carbocycles. The fourth-order valence-corrected chi connectivity index (χ4v) is 2.69. The number of para-hydroxylation sites is 1. The molecule has 1 aromatic heterocycles. The molecule has 0 saturated carbocycles. The highest BCUT2D eigenvalue weighted by Crippen LogP contribution is 2.19. The number of aromatic amines is 1. The maximum Gasteiger partial charge on any atom is 0.251 e. The van der Waals surface area contributed by atoms with E-state index in [1.54, 1.807) is 31.3 Å². The normalized spacial score (nSPS) is 10.5. The number of amides is 2. The molecule has 3 rings (SSSR count). The summed E-state index contributed by atoms with van der Waals surface area (Å²) in [6, 6.07) is 14.9. The van der Waals surface area contributed by atoms with Crippen molar-refractivity contribution in [2.45, 2.75) is 12.8 Å². The molecule has 0 atom stereocenters. The summed E-state index contributed by atoms with van der Waals surface area (Å²) in [5.41, 5.74) is 3.35. The average molecular weight is 321 g/mol. The van der Waals surface area contributed by atoms with Crippen molar-refractivity contribution in [1.29, 1.82) is 0 Å². The SMILES string of the molecule is CNC(=O)c1cccc(NC(=O)CCc2c[nH]c3ccccc23)c1. The Bertz CT molecular complexity index is 883. The van der Waals surface area contributed by atoms with Crippen LogP contribution in [0.3, 0.4) is 0 Å². The first-order chi connectivity index (χ1) is 11.7. The van der Waals surface area contributed by atoms with Crippen LogP contribution in [-0.4, -0.2) is 23.8 Å². The van der Waals surface area contributed by atoms with Crippen LogP contribution in [0.4, 0.5) is 5.69 Å². The van der Waals surface area contributed by atoms with E-state index in [0.29, 0.717) is 24.1 Å². The molecule has 0 spiro atoms. The summed E-state index contributed by atoms with van der Waals surface area (Å²) in [6.45, 7) is 0. The number of hydrogen-bond acceptors (Lipinski definition) is 2. The van der Waals surface area contributed by atoms with Crippen molar-refractivity contribution in [2.24, 2.45) is 0 Å². The molecule has 2 amide bonds. The number of anilines is 1. The van der Waals surface area contributed by atoms with E-state index in [2.05, 4.69) is 15.6 Å². The van der Waals surface area contributed by atoms with Crippen LogP contribution in [-0.2, 0) is 11.2 Å². The maximum atomic E-state index is 12.2. The second-order valence-electron chi connectivity index (χ2n) is 5.57. The number of fused-ring (bicyclic) bond motifs is 1. The van der Waals surface area contributed by atoms with Gasteiger partial charge in [0.2, 0.25) is 5.91 Å². The molecule has 0 unspecified atom stereocenters. The third kappa shape index (κ3) is 3.46. The highest BCUT2D eigenvalue weighted by Gasteiger charge is 2.08. The number of H-pyrrole nitrogens is 1. The van der Waals surface area contributed by atoms with Crippen LogP contribution in [0.1, 0.15) is 22.3 Å². The summed E-state index contributed by atoms with van der Waals surface area (Å²) in [7, 11) is 1.58. The van der Waals surface area contributed by atoms with Gasteiger partial charge in [-0.15, -0.1) is 0 Å². The van der Waals surface area contributed by atoms with Crippen molar-refractivity contribution in [1.82, 2.24) is 10.3 Å². The van der Waals surface area contributed by atoms with Gasteiger partial charge in [-0.3, -0.25) is 9.59 Å². The number of aromatic nitrogens is 1. The van der Waals surface area contributed by atoms with Crippen molar-refractivity contribution in [3.8, 4) is 0 Å². The zero-order valence-electron chi connectivity index (χ0n) is 13.4. The Morgan fingerprint density at radius 2 is 1.92 bits per heavy atom. The van der Waals surface area contributed by atoms with Crippen LogP contribution >= 0.6 is 0 Å². The first-order valence-corrected chi connectivity index (χ1v) is 7.84. The summed E-state index contributed by atoms with van der Waals surface area (Å²) >= 11 is 0. The lowest BCUT2D eigenvalue weighted by Crippen LogP contribution is -2.18. The van der Waals surface area contributed by atoms with Crippen LogP contribution in [0.2, 0.25) is 0 Å². The minimum Gasteiger partial charge on any atom is -0.361 e. The van der Waals surface area contributed by atoms with Crippen LogP contribution in [0, 0.1) is 0 Å². The Morgan fingerprint density at radius 1 is 1.08 bits per heavy atom. The van der Waals surface area contributed by atoms with E-state index in [1.807, 2.05) is 30.5 Å². The fraction of sp³-hybridized carbons (Fsp3) is 0.158. The van der Waals surface area contributed by atoms with Crippen LogP contribution in [0.15, 0.2) is 54.7 Å². The molecule has 0 bridgehead atoms. The monoisotopic (exact) mass is 321 g/mol. The number of benzene rings is 2. The number of carbonyl (C=O) groups excluding carboxylic acids is 2. The molecule has 0 aliphatic heterocycles. The van der Waals surface area contributed by atoms with Gasteiger partial charge in [0.1, 0.15) is 0 Å². The summed E-state index contributed by atoms with van der Waals surface area (Å²) in [6.07, 6.45) is 2.99. The van der Waals surface area contributed by atoms with Crippen molar-refractivity contribution < 1.29 is 9.59 Å². The number of rotatable bonds is 5. The van der Waals surface area contributed by atoms with E-state index in [0.717, 1.165) is 16.5 Å². The minimum absolute atomic E-state index is 0.0747. The Labute approximate surface area is 140 Å². The quantitative estimate of drug-likeness (QED) is 0.675. The fourth-order valence-electron chi connectivity index (χ4n) is 2.69. The summed E-state index contributed by atoms with van der Waals surface area (Å²) < 4.78 is 0. The predicted octanol–water partition coefficient (Wildman–Crippen LogP) is 3.10. The van der Waals surface area contributed by atoms with Crippen LogP contribution in [0.5, 0.6) is 0 Å². The van der Waals surface area contributed by atoms with Gasteiger partial charge in [0, 0.05) is 41.8 Å². The predicted molar refractivity (Wildman–Crippen MR) is 95.1 cm³/mol. The van der Waals surface area contributed by atoms with Crippen LogP contribution in [0.25, 0.3) is 10.9 Å². The highest BCUT2D eigenvalue weighted by molar-refractivity contribution is 5.97. The topological polar surface area (TPSA) is 74.0 Å². The molecule has 0 aliphatic rings. The molecular weight excluding hydrogens is 302 g/mol. The maximum absolute atomic E-state index is 12.2. The van der Waals surface area contributed by atoms with Gasteiger partial charge in [-0.1, -0.05) is 24.3 Å². The summed E-state index contributed by atoms with van der Waals surface area (Å²) in [5.74, 6) is -0.251. The molecule has 122 valence electrons. The zero-order chi connectivity index (χ0) is 16.9. The first-order valence-electron chi connectivity index (χ1n) is 7.84. The Kier molecular flexibility index (Phi) is 4.61. The van der Waals surface area contributed by atoms with Gasteiger partial charge in [0.25, 0.3) is 5.91 Å². The molecule has 0 radical (unpaired) electrons. The molecule has 1 heterocycles. The van der Waals surface area contributed by atoms with Gasteiger partial charge in [0.15, 0.2) is 0 Å². The lowest BCUT2D eigenvalue weighted by molar-refractivity contribution is -0.116. The Morgan fingerprint density at radius 3 is 2.75 bits per heavy atom. The van der Waals surface area contributed by atoms with Gasteiger partial charge in [0.05, 0.1) is 0 Å². The van der Waals surface area contributed by atoms with Crippen molar-refractivity contribution >= 4 is 28.4 Å². The lowest BCUT2D eigenvalue weighted by atomic mass is 10.1. The van der Waals surface area contributed by atoms with E-state index in [4.69, 9.17) is 0 Å². The molecule has 0 saturated heterocycles. The van der Waals surface area contributed by atoms with Gasteiger partial charge in [-0.05, 0) is 36.2 Å². The Balaban J connectivity index is 1.63. The molecular formula is C19H19N3O2. The second-order valence-corrected chi connectivity index (χ2v) is 5.57. The summed E-state index contributed by atoms with van der Waals surface area (Å²) in [4.78, 5) is 27.0. The zero-order valence-corrected chi connectivity index (χ0v) is 13.4. The lowest BCUT2D eigenvalue weighted by Gasteiger charge is -2.07. The molecule has 3 N–H and O–H groups in total. The Hall–Kier alpha value is -3.08. The average Bonchev–Trinajstić information content (AvgIpc) is 3.03. The van der Waals surface area contributed by atoms with Crippen LogP contribution < -0.4 is 10.6 Å². The number of hydrogen-bond donors (Lipinski definition) is 3. The molecule has 0 fully saturated rings. The second kappa shape index (κ2) is 7.00.